The van der Waals surface area contributed by atoms with E-state index in [1.54, 1.807) is 11.3 Å². The molecule has 0 aromatic carbocycles. The number of nitrogens with zero attached hydrogens (tertiary/aromatic N) is 1. The lowest BCUT2D eigenvalue weighted by Crippen LogP contribution is -2.34. The van der Waals surface area contributed by atoms with Crippen molar-refractivity contribution in [2.75, 3.05) is 5.73 Å². The number of hydrogen-bond donors (Lipinski definition) is 2. The molecule has 0 saturated heterocycles. The highest BCUT2D eigenvalue weighted by molar-refractivity contribution is 7.07. The van der Waals surface area contributed by atoms with Gasteiger partial charge in [0, 0.05) is 12.2 Å². The van der Waals surface area contributed by atoms with Crippen LogP contribution in [-0.4, -0.2) is 16.9 Å². The summed E-state index contributed by atoms with van der Waals surface area (Å²) in [7, 11) is 0. The van der Waals surface area contributed by atoms with Crippen LogP contribution in [0, 0.1) is 5.82 Å². The van der Waals surface area contributed by atoms with Crippen LogP contribution < -0.4 is 11.1 Å². The molecule has 0 aliphatic rings. The van der Waals surface area contributed by atoms with Crippen molar-refractivity contribution in [3.8, 4) is 0 Å². The van der Waals surface area contributed by atoms with Crippen LogP contribution in [0.3, 0.4) is 0 Å². The number of hydrogen-bond acceptors (Lipinski definition) is 4. The van der Waals surface area contributed by atoms with Crippen LogP contribution in [-0.2, 0) is 6.42 Å². The average Bonchev–Trinajstić information content (AvgIpc) is 2.85. The van der Waals surface area contributed by atoms with Gasteiger partial charge < -0.3 is 11.1 Å². The van der Waals surface area contributed by atoms with E-state index >= 15 is 0 Å². The van der Waals surface area contributed by atoms with E-state index in [0.29, 0.717) is 6.42 Å². The number of carbonyl (C=O) groups is 1. The summed E-state index contributed by atoms with van der Waals surface area (Å²) < 4.78 is 13.6. The second-order valence-corrected chi connectivity index (χ2v) is 5.05. The molecule has 1 amide bonds. The molecular formula is C13H14FN3OS. The minimum atomic E-state index is -0.775. The third kappa shape index (κ3) is 3.29. The van der Waals surface area contributed by atoms with Gasteiger partial charge in [0.05, 0.1) is 5.56 Å². The van der Waals surface area contributed by atoms with E-state index in [9.17, 15) is 9.18 Å². The number of nitrogen functional groups attached to an aromatic ring is 1. The third-order valence-electron chi connectivity index (χ3n) is 2.66. The van der Waals surface area contributed by atoms with Crippen molar-refractivity contribution in [1.82, 2.24) is 10.3 Å². The first kappa shape index (κ1) is 13.5. The number of amides is 1. The number of rotatable bonds is 4. The summed E-state index contributed by atoms with van der Waals surface area (Å²) in [6, 6.07) is 3.23. The summed E-state index contributed by atoms with van der Waals surface area (Å²) in [6.07, 6.45) is 2.02. The normalized spacial score (nSPS) is 12.1. The molecular weight excluding hydrogens is 265 g/mol. The first-order valence-electron chi connectivity index (χ1n) is 5.80. The highest BCUT2D eigenvalue weighted by Gasteiger charge is 2.16. The Morgan fingerprint density at radius 1 is 1.58 bits per heavy atom. The fourth-order valence-electron chi connectivity index (χ4n) is 1.75. The van der Waals surface area contributed by atoms with E-state index < -0.39 is 11.7 Å². The Bertz CT molecular complexity index is 571. The zero-order valence-electron chi connectivity index (χ0n) is 10.4. The number of carbonyl (C=O) groups excluding carboxylic acids is 1. The van der Waals surface area contributed by atoms with Crippen LogP contribution in [0.2, 0.25) is 0 Å². The Kier molecular flexibility index (Phi) is 4.11. The molecule has 100 valence electrons. The van der Waals surface area contributed by atoms with Gasteiger partial charge in [-0.2, -0.15) is 11.3 Å². The Balaban J connectivity index is 2.02. The van der Waals surface area contributed by atoms with Crippen LogP contribution in [0.15, 0.2) is 29.1 Å². The van der Waals surface area contributed by atoms with Gasteiger partial charge in [-0.25, -0.2) is 9.37 Å². The van der Waals surface area contributed by atoms with Crippen molar-refractivity contribution >= 4 is 23.1 Å². The monoisotopic (exact) mass is 279 g/mol. The van der Waals surface area contributed by atoms with E-state index in [1.165, 1.54) is 12.3 Å². The van der Waals surface area contributed by atoms with Gasteiger partial charge in [0.25, 0.3) is 5.91 Å². The van der Waals surface area contributed by atoms with Gasteiger partial charge in [0.2, 0.25) is 0 Å². The van der Waals surface area contributed by atoms with Gasteiger partial charge >= 0.3 is 0 Å². The highest BCUT2D eigenvalue weighted by atomic mass is 32.1. The molecule has 2 aromatic heterocycles. The molecule has 0 radical (unpaired) electrons. The molecule has 19 heavy (non-hydrogen) atoms. The smallest absolute Gasteiger partial charge is 0.254 e. The van der Waals surface area contributed by atoms with Crippen LogP contribution in [0.1, 0.15) is 22.8 Å². The SMILES string of the molecule is CC(Cc1ccsc1)NC(=O)c1ccnc(N)c1F. The van der Waals surface area contributed by atoms with Gasteiger partial charge in [-0.1, -0.05) is 0 Å². The summed E-state index contributed by atoms with van der Waals surface area (Å²) in [5.41, 5.74) is 6.40. The van der Waals surface area contributed by atoms with Crippen molar-refractivity contribution in [1.29, 1.82) is 0 Å². The van der Waals surface area contributed by atoms with Gasteiger partial charge in [-0.15, -0.1) is 0 Å². The molecule has 0 spiro atoms. The van der Waals surface area contributed by atoms with Crippen molar-refractivity contribution < 1.29 is 9.18 Å². The second-order valence-electron chi connectivity index (χ2n) is 4.27. The maximum Gasteiger partial charge on any atom is 0.254 e. The molecule has 0 fully saturated rings. The number of aromatic nitrogens is 1. The summed E-state index contributed by atoms with van der Waals surface area (Å²) in [5, 5.41) is 6.75. The zero-order valence-corrected chi connectivity index (χ0v) is 11.2. The van der Waals surface area contributed by atoms with Crippen molar-refractivity contribution in [2.45, 2.75) is 19.4 Å². The molecule has 4 nitrogen and oxygen atoms in total. The van der Waals surface area contributed by atoms with Crippen LogP contribution in [0.4, 0.5) is 10.2 Å². The molecule has 6 heteroatoms. The molecule has 0 bridgehead atoms. The van der Waals surface area contributed by atoms with Crippen LogP contribution in [0.5, 0.6) is 0 Å². The molecule has 2 heterocycles. The lowest BCUT2D eigenvalue weighted by atomic mass is 10.1. The summed E-state index contributed by atoms with van der Waals surface area (Å²) in [6.45, 7) is 1.87. The molecule has 2 rings (SSSR count). The first-order chi connectivity index (χ1) is 9.08. The van der Waals surface area contributed by atoms with E-state index in [0.717, 1.165) is 5.56 Å². The standard InChI is InChI=1S/C13H14FN3OS/c1-8(6-9-3-5-19-7-9)17-13(18)10-2-4-16-12(15)11(10)14/h2-5,7-8H,6H2,1H3,(H2,15,16)(H,17,18). The van der Waals surface area contributed by atoms with Crippen molar-refractivity contribution in [2.24, 2.45) is 0 Å². The Morgan fingerprint density at radius 3 is 3.05 bits per heavy atom. The molecule has 0 aliphatic carbocycles. The van der Waals surface area contributed by atoms with Gasteiger partial charge in [0.1, 0.15) is 0 Å². The minimum absolute atomic E-state index is 0.0790. The Labute approximate surface area is 114 Å². The summed E-state index contributed by atoms with van der Waals surface area (Å²) in [4.78, 5) is 15.5. The van der Waals surface area contributed by atoms with Crippen molar-refractivity contribution in [3.05, 3.63) is 46.0 Å². The first-order valence-corrected chi connectivity index (χ1v) is 6.74. The Morgan fingerprint density at radius 2 is 2.37 bits per heavy atom. The fraction of sp³-hybridized carbons (Fsp3) is 0.231. The summed E-state index contributed by atoms with van der Waals surface area (Å²) in [5.74, 6) is -1.52. The van der Waals surface area contributed by atoms with E-state index in [2.05, 4.69) is 10.3 Å². The average molecular weight is 279 g/mol. The zero-order chi connectivity index (χ0) is 13.8. The lowest BCUT2D eigenvalue weighted by molar-refractivity contribution is 0.0936. The largest absolute Gasteiger partial charge is 0.381 e. The molecule has 1 atom stereocenters. The molecule has 1 unspecified atom stereocenters. The lowest BCUT2D eigenvalue weighted by Gasteiger charge is -2.13. The second kappa shape index (κ2) is 5.79. The molecule has 0 saturated carbocycles. The topological polar surface area (TPSA) is 68.0 Å². The van der Waals surface area contributed by atoms with Crippen LogP contribution in [0.25, 0.3) is 0 Å². The summed E-state index contributed by atoms with van der Waals surface area (Å²) >= 11 is 1.60. The predicted octanol–water partition coefficient (Wildman–Crippen LogP) is 2.23. The number of halogens is 1. The number of anilines is 1. The fourth-order valence-corrected chi connectivity index (χ4v) is 2.43. The van der Waals surface area contributed by atoms with Crippen LogP contribution >= 0.6 is 11.3 Å². The minimum Gasteiger partial charge on any atom is -0.381 e. The predicted molar refractivity (Wildman–Crippen MR) is 73.6 cm³/mol. The molecule has 3 N–H and O–H groups in total. The maximum atomic E-state index is 13.6. The maximum absolute atomic E-state index is 13.6. The molecule has 2 aromatic rings. The van der Waals surface area contributed by atoms with E-state index in [-0.39, 0.29) is 17.4 Å². The number of nitrogens with one attached hydrogen (secondary N) is 1. The number of pyridine rings is 1. The molecule has 0 aliphatic heterocycles. The van der Waals surface area contributed by atoms with Gasteiger partial charge in [-0.05, 0) is 41.8 Å². The van der Waals surface area contributed by atoms with E-state index in [4.69, 9.17) is 5.73 Å². The van der Waals surface area contributed by atoms with E-state index in [1.807, 2.05) is 23.8 Å². The third-order valence-corrected chi connectivity index (χ3v) is 3.39. The highest BCUT2D eigenvalue weighted by Crippen LogP contribution is 2.13. The quantitative estimate of drug-likeness (QED) is 0.901. The van der Waals surface area contributed by atoms with Crippen molar-refractivity contribution in [3.63, 3.8) is 0 Å². The Hall–Kier alpha value is -1.95. The number of thiophene rings is 1. The number of nitrogens with two attached hydrogens (primary N) is 1. The van der Waals surface area contributed by atoms with Gasteiger partial charge in [0.15, 0.2) is 11.6 Å². The van der Waals surface area contributed by atoms with Gasteiger partial charge in [-0.3, -0.25) is 4.79 Å².